The number of carbonyl (C=O) groups is 1. The first-order valence-corrected chi connectivity index (χ1v) is 7.58. The second-order valence-corrected chi connectivity index (χ2v) is 6.08. The Hall–Kier alpha value is -2.13. The summed E-state index contributed by atoms with van der Waals surface area (Å²) in [5.41, 5.74) is -0.901. The first-order chi connectivity index (χ1) is 13.6. The summed E-state index contributed by atoms with van der Waals surface area (Å²) in [6.07, 6.45) is -7.53. The van der Waals surface area contributed by atoms with Gasteiger partial charge in [-0.1, -0.05) is 11.6 Å². The molecule has 0 spiro atoms. The Labute approximate surface area is 168 Å². The van der Waals surface area contributed by atoms with Crippen LogP contribution in [-0.2, 0) is 4.79 Å². The van der Waals surface area contributed by atoms with E-state index >= 15 is 0 Å². The van der Waals surface area contributed by atoms with Gasteiger partial charge in [-0.05, 0) is 18.2 Å². The number of rotatable bonds is 7. The minimum Gasteiger partial charge on any atom is -0.495 e. The van der Waals surface area contributed by atoms with Gasteiger partial charge in [-0.3, -0.25) is 4.79 Å². The van der Waals surface area contributed by atoms with Crippen molar-refractivity contribution in [2.45, 2.75) is 35.8 Å². The maximum absolute atomic E-state index is 13.7. The summed E-state index contributed by atoms with van der Waals surface area (Å²) >= 11 is 5.52. The molecule has 0 saturated carbocycles. The van der Waals surface area contributed by atoms with Crippen LogP contribution in [0.25, 0.3) is 0 Å². The van der Waals surface area contributed by atoms with Gasteiger partial charge in [-0.25, -0.2) is 0 Å². The van der Waals surface area contributed by atoms with Crippen LogP contribution in [0.1, 0.15) is 0 Å². The number of anilines is 1. The third-order valence-electron chi connectivity index (χ3n) is 3.63. The van der Waals surface area contributed by atoms with Crippen LogP contribution >= 0.6 is 11.6 Å². The predicted octanol–water partition coefficient (Wildman–Crippen LogP) is 6.03. The van der Waals surface area contributed by atoms with E-state index in [4.69, 9.17) is 11.6 Å². The van der Waals surface area contributed by atoms with E-state index in [0.717, 1.165) is 18.5 Å². The Balaban J connectivity index is 3.38. The summed E-state index contributed by atoms with van der Waals surface area (Å²) in [7, 11) is 1.06. The molecule has 1 aromatic rings. The van der Waals surface area contributed by atoms with E-state index in [-0.39, 0.29) is 5.75 Å². The average molecular weight is 504 g/mol. The average Bonchev–Trinajstić information content (AvgIpc) is 2.60. The van der Waals surface area contributed by atoms with Crippen LogP contribution in [0.15, 0.2) is 18.2 Å². The highest BCUT2D eigenvalue weighted by Gasteiger charge is 2.91. The van der Waals surface area contributed by atoms with E-state index in [1.807, 2.05) is 0 Å². The molecule has 0 atom stereocenters. The van der Waals surface area contributed by atoms with Crippen molar-refractivity contribution in [3.63, 3.8) is 0 Å². The maximum Gasteiger partial charge on any atom is 0.460 e. The van der Waals surface area contributed by atoms with Crippen LogP contribution in [0.2, 0.25) is 5.02 Å². The van der Waals surface area contributed by atoms with Gasteiger partial charge in [-0.2, -0.15) is 57.1 Å². The molecule has 1 aromatic carbocycles. The zero-order chi connectivity index (χ0) is 24.8. The second kappa shape index (κ2) is 7.78. The van der Waals surface area contributed by atoms with E-state index in [2.05, 4.69) is 4.74 Å². The number of alkyl halides is 13. The lowest BCUT2D eigenvalue weighted by atomic mass is 9.93. The van der Waals surface area contributed by atoms with Crippen molar-refractivity contribution >= 4 is 23.2 Å². The van der Waals surface area contributed by atoms with Crippen LogP contribution in [0.5, 0.6) is 5.75 Å². The lowest BCUT2D eigenvalue weighted by Gasteiger charge is -2.39. The smallest absolute Gasteiger partial charge is 0.460 e. The van der Waals surface area contributed by atoms with Crippen molar-refractivity contribution in [3.05, 3.63) is 23.2 Å². The van der Waals surface area contributed by atoms with Crippen LogP contribution in [0, 0.1) is 0 Å². The largest absolute Gasteiger partial charge is 0.495 e. The molecule has 3 nitrogen and oxygen atoms in total. The Morgan fingerprint density at radius 3 is 1.65 bits per heavy atom. The summed E-state index contributed by atoms with van der Waals surface area (Å²) in [5, 5.41) is 0.429. The number of ether oxygens (including phenoxy) is 1. The number of halogens is 14. The third-order valence-corrected chi connectivity index (χ3v) is 3.92. The fraction of sp³-hybridized carbons (Fsp3) is 0.500. The van der Waals surface area contributed by atoms with E-state index in [1.165, 1.54) is 0 Å². The van der Waals surface area contributed by atoms with E-state index in [0.29, 0.717) is 12.1 Å². The molecule has 0 aliphatic heterocycles. The van der Waals surface area contributed by atoms with Crippen LogP contribution in [0.3, 0.4) is 0 Å². The van der Waals surface area contributed by atoms with E-state index < -0.39 is 52.4 Å². The van der Waals surface area contributed by atoms with E-state index in [1.54, 1.807) is 0 Å². The minimum atomic E-state index is -8.09. The van der Waals surface area contributed by atoms with Gasteiger partial charge in [0.2, 0.25) is 0 Å². The molecule has 0 bridgehead atoms. The molecule has 178 valence electrons. The molecule has 0 aliphatic rings. The molecule has 31 heavy (non-hydrogen) atoms. The van der Waals surface area contributed by atoms with Crippen LogP contribution in [-0.4, -0.2) is 48.8 Å². The molecular formula is C14H7ClF13NO2. The first kappa shape index (κ1) is 26.9. The number of nitrogens with one attached hydrogen (secondary N) is 1. The molecule has 0 fully saturated rings. The van der Waals surface area contributed by atoms with E-state index in [9.17, 15) is 61.9 Å². The number of hydrogen-bond donors (Lipinski definition) is 1. The Morgan fingerprint density at radius 2 is 1.26 bits per heavy atom. The van der Waals surface area contributed by atoms with Crippen molar-refractivity contribution in [1.82, 2.24) is 0 Å². The molecular weight excluding hydrogens is 497 g/mol. The molecule has 0 saturated heterocycles. The van der Waals surface area contributed by atoms with Gasteiger partial charge in [0.25, 0.3) is 0 Å². The SMILES string of the molecule is COc1ccc(NC(=O)C(F)(F)C(F)(F)C(F)(F)C(F)(F)C(F)(F)C(F)(F)F)cc1Cl. The van der Waals surface area contributed by atoms with Crippen molar-refractivity contribution < 1.29 is 66.6 Å². The molecule has 1 rings (SSSR count). The highest BCUT2D eigenvalue weighted by atomic mass is 35.5. The zero-order valence-corrected chi connectivity index (χ0v) is 15.1. The molecule has 0 heterocycles. The summed E-state index contributed by atoms with van der Waals surface area (Å²) in [6.45, 7) is 0. The minimum absolute atomic E-state index is 0.155. The topological polar surface area (TPSA) is 38.3 Å². The summed E-state index contributed by atoms with van der Waals surface area (Å²) < 4.78 is 174. The molecule has 0 unspecified atom stereocenters. The lowest BCUT2D eigenvalue weighted by Crippen LogP contribution is -2.71. The monoisotopic (exact) mass is 503 g/mol. The van der Waals surface area contributed by atoms with Crippen molar-refractivity contribution in [2.24, 2.45) is 0 Å². The quantitative estimate of drug-likeness (QED) is 0.462. The third kappa shape index (κ3) is 4.05. The highest BCUT2D eigenvalue weighted by molar-refractivity contribution is 6.32. The number of amides is 1. The zero-order valence-electron chi connectivity index (χ0n) is 14.3. The Kier molecular flexibility index (Phi) is 6.75. The summed E-state index contributed by atoms with van der Waals surface area (Å²) in [5.74, 6) is -42.2. The standard InChI is InChI=1S/C14H7ClF13NO2/c1-31-7-3-2-5(4-6(7)15)29-8(30)9(16,17)10(18,19)11(20,21)12(22,23)13(24,25)14(26,27)28/h2-4H,1H3,(H,29,30). The van der Waals surface area contributed by atoms with Gasteiger partial charge in [0.1, 0.15) is 5.75 Å². The summed E-state index contributed by atoms with van der Waals surface area (Å²) in [6, 6.07) is 2.04. The van der Waals surface area contributed by atoms with Crippen LogP contribution < -0.4 is 10.1 Å². The number of hydrogen-bond acceptors (Lipinski definition) is 2. The Morgan fingerprint density at radius 1 is 0.806 bits per heavy atom. The van der Waals surface area contributed by atoms with Gasteiger partial charge in [0.15, 0.2) is 0 Å². The normalized spacial score (nSPS) is 14.4. The fourth-order valence-electron chi connectivity index (χ4n) is 1.87. The molecule has 1 amide bonds. The number of carbonyl (C=O) groups excluding carboxylic acids is 1. The van der Waals surface area contributed by atoms with Crippen molar-refractivity contribution in [3.8, 4) is 5.75 Å². The predicted molar refractivity (Wildman–Crippen MR) is 77.4 cm³/mol. The second-order valence-electron chi connectivity index (χ2n) is 5.67. The van der Waals surface area contributed by atoms with Gasteiger partial charge < -0.3 is 10.1 Å². The van der Waals surface area contributed by atoms with Gasteiger partial charge in [-0.15, -0.1) is 0 Å². The molecule has 0 radical (unpaired) electrons. The Bertz CT molecular complexity index is 838. The maximum atomic E-state index is 13.7. The molecule has 1 N–H and O–H groups in total. The fourth-order valence-corrected chi connectivity index (χ4v) is 2.12. The number of benzene rings is 1. The molecule has 0 aliphatic carbocycles. The van der Waals surface area contributed by atoms with Crippen LogP contribution in [0.4, 0.5) is 62.8 Å². The van der Waals surface area contributed by atoms with Gasteiger partial charge in [0.05, 0.1) is 12.1 Å². The highest BCUT2D eigenvalue weighted by Crippen LogP contribution is 2.60. The lowest BCUT2D eigenvalue weighted by molar-refractivity contribution is -0.435. The number of methoxy groups -OCH3 is 1. The first-order valence-electron chi connectivity index (χ1n) is 7.20. The summed E-state index contributed by atoms with van der Waals surface area (Å²) in [4.78, 5) is 11.4. The van der Waals surface area contributed by atoms with Gasteiger partial charge >= 0.3 is 41.7 Å². The van der Waals surface area contributed by atoms with Crippen molar-refractivity contribution in [2.75, 3.05) is 12.4 Å². The van der Waals surface area contributed by atoms with Crippen molar-refractivity contribution in [1.29, 1.82) is 0 Å². The molecule has 17 heteroatoms. The van der Waals surface area contributed by atoms with Gasteiger partial charge in [0, 0.05) is 5.69 Å². The molecule has 0 aromatic heterocycles.